The van der Waals surface area contributed by atoms with Crippen LogP contribution in [0.1, 0.15) is 22.4 Å². The molecule has 0 unspecified atom stereocenters. The van der Waals surface area contributed by atoms with Gasteiger partial charge in [-0.1, -0.05) is 0 Å². The van der Waals surface area contributed by atoms with Gasteiger partial charge in [0, 0.05) is 36.8 Å². The van der Waals surface area contributed by atoms with E-state index in [1.807, 2.05) is 0 Å². The maximum atomic E-state index is 12.9. The van der Waals surface area contributed by atoms with Crippen molar-refractivity contribution in [2.75, 3.05) is 5.32 Å². The maximum Gasteiger partial charge on any atom is 0.416 e. The Morgan fingerprint density at radius 1 is 1.23 bits per heavy atom. The molecule has 5 nitrogen and oxygen atoms in total. The van der Waals surface area contributed by atoms with Gasteiger partial charge >= 0.3 is 6.18 Å². The summed E-state index contributed by atoms with van der Waals surface area (Å²) in [5.41, 5.74) is 1.34. The first-order chi connectivity index (χ1) is 10.5. The predicted molar refractivity (Wildman–Crippen MR) is 75.2 cm³/mol. The van der Waals surface area contributed by atoms with E-state index in [1.54, 1.807) is 6.20 Å². The number of anilines is 2. The molecule has 22 heavy (non-hydrogen) atoms. The van der Waals surface area contributed by atoms with E-state index >= 15 is 0 Å². The third-order valence-electron chi connectivity index (χ3n) is 3.27. The molecule has 0 saturated carbocycles. The molecule has 1 aliphatic rings. The van der Waals surface area contributed by atoms with Crippen LogP contribution < -0.4 is 10.6 Å². The van der Waals surface area contributed by atoms with Crippen LogP contribution in [0.2, 0.25) is 0 Å². The highest BCUT2D eigenvalue weighted by atomic mass is 19.4. The maximum absolute atomic E-state index is 12.9. The van der Waals surface area contributed by atoms with Gasteiger partial charge in [0.2, 0.25) is 5.95 Å². The molecule has 0 fully saturated rings. The van der Waals surface area contributed by atoms with E-state index in [0.717, 1.165) is 29.6 Å². The van der Waals surface area contributed by atoms with Gasteiger partial charge in [-0.05, 0) is 23.8 Å². The van der Waals surface area contributed by atoms with Crippen molar-refractivity contribution in [3.8, 4) is 0 Å². The fraction of sp³-hybridized carbons (Fsp3) is 0.214. The zero-order chi connectivity index (χ0) is 15.7. The SMILES string of the molecule is N=Cc1cc(Nc2ncc3c(n2)CNC3)cc(C(F)(F)F)c1. The average Bonchev–Trinajstić information content (AvgIpc) is 2.93. The molecule has 1 aromatic heterocycles. The second-order valence-electron chi connectivity index (χ2n) is 4.88. The van der Waals surface area contributed by atoms with Crippen LogP contribution in [0.15, 0.2) is 24.4 Å². The van der Waals surface area contributed by atoms with E-state index in [2.05, 4.69) is 20.6 Å². The van der Waals surface area contributed by atoms with Gasteiger partial charge in [0.25, 0.3) is 0 Å². The standard InChI is InChI=1S/C14H12F3N5/c15-14(16,17)10-1-8(4-18)2-11(3-10)21-13-20-6-9-5-19-7-12(9)22-13/h1-4,6,18-19H,5,7H2,(H,20,21,22). The molecule has 3 N–H and O–H groups in total. The lowest BCUT2D eigenvalue weighted by atomic mass is 10.1. The largest absolute Gasteiger partial charge is 0.416 e. The third kappa shape index (κ3) is 2.91. The molecule has 0 bridgehead atoms. The highest BCUT2D eigenvalue weighted by Gasteiger charge is 2.31. The number of aromatic nitrogens is 2. The number of nitrogens with zero attached hydrogens (tertiary/aromatic N) is 2. The molecule has 0 amide bonds. The van der Waals surface area contributed by atoms with Crippen LogP contribution in [-0.2, 0) is 19.3 Å². The lowest BCUT2D eigenvalue weighted by Gasteiger charge is -2.12. The summed E-state index contributed by atoms with van der Waals surface area (Å²) in [4.78, 5) is 8.37. The van der Waals surface area contributed by atoms with Crippen LogP contribution in [0.5, 0.6) is 0 Å². The van der Waals surface area contributed by atoms with Gasteiger partial charge in [0.05, 0.1) is 11.3 Å². The van der Waals surface area contributed by atoms with Crippen molar-refractivity contribution in [2.24, 2.45) is 0 Å². The van der Waals surface area contributed by atoms with Gasteiger partial charge in [-0.25, -0.2) is 9.97 Å². The molecular formula is C14H12F3N5. The molecule has 8 heteroatoms. The number of fused-ring (bicyclic) bond motifs is 1. The van der Waals surface area contributed by atoms with Crippen molar-refractivity contribution in [1.29, 1.82) is 5.41 Å². The summed E-state index contributed by atoms with van der Waals surface area (Å²) in [5, 5.41) is 13.0. The highest BCUT2D eigenvalue weighted by molar-refractivity contribution is 5.80. The number of halogens is 3. The van der Waals surface area contributed by atoms with E-state index in [9.17, 15) is 13.2 Å². The van der Waals surface area contributed by atoms with E-state index in [1.165, 1.54) is 6.07 Å². The predicted octanol–water partition coefficient (Wildman–Crippen LogP) is 2.84. The van der Waals surface area contributed by atoms with Crippen molar-refractivity contribution in [2.45, 2.75) is 19.3 Å². The topological polar surface area (TPSA) is 73.7 Å². The summed E-state index contributed by atoms with van der Waals surface area (Å²) < 4.78 is 38.6. The first-order valence-corrected chi connectivity index (χ1v) is 6.51. The molecule has 0 aliphatic carbocycles. The molecular weight excluding hydrogens is 295 g/mol. The fourth-order valence-electron chi connectivity index (χ4n) is 2.22. The molecule has 0 spiro atoms. The molecule has 1 aromatic carbocycles. The van der Waals surface area contributed by atoms with Crippen molar-refractivity contribution in [3.63, 3.8) is 0 Å². The van der Waals surface area contributed by atoms with Crippen molar-refractivity contribution < 1.29 is 13.2 Å². The Morgan fingerprint density at radius 2 is 2.05 bits per heavy atom. The van der Waals surface area contributed by atoms with Crippen LogP contribution in [0.3, 0.4) is 0 Å². The van der Waals surface area contributed by atoms with Crippen molar-refractivity contribution in [3.05, 3.63) is 46.8 Å². The lowest BCUT2D eigenvalue weighted by molar-refractivity contribution is -0.137. The van der Waals surface area contributed by atoms with E-state index in [0.29, 0.717) is 13.1 Å². The minimum atomic E-state index is -4.47. The summed E-state index contributed by atoms with van der Waals surface area (Å²) in [6, 6.07) is 3.34. The number of hydrogen-bond acceptors (Lipinski definition) is 5. The van der Waals surface area contributed by atoms with Crippen LogP contribution in [0.4, 0.5) is 24.8 Å². The first-order valence-electron chi connectivity index (χ1n) is 6.51. The van der Waals surface area contributed by atoms with Crippen LogP contribution in [0.25, 0.3) is 0 Å². The first kappa shape index (κ1) is 14.5. The van der Waals surface area contributed by atoms with Crippen molar-refractivity contribution in [1.82, 2.24) is 15.3 Å². The Morgan fingerprint density at radius 3 is 2.77 bits per heavy atom. The Bertz CT molecular complexity index is 727. The van der Waals surface area contributed by atoms with Gasteiger partial charge in [0.1, 0.15) is 0 Å². The minimum Gasteiger partial charge on any atom is -0.324 e. The fourth-order valence-corrected chi connectivity index (χ4v) is 2.22. The molecule has 3 rings (SSSR count). The monoisotopic (exact) mass is 307 g/mol. The zero-order valence-corrected chi connectivity index (χ0v) is 11.3. The number of benzene rings is 1. The summed E-state index contributed by atoms with van der Waals surface area (Å²) in [7, 11) is 0. The summed E-state index contributed by atoms with van der Waals surface area (Å²) in [6.07, 6.45) is -1.96. The molecule has 114 valence electrons. The number of alkyl halides is 3. The second-order valence-corrected chi connectivity index (χ2v) is 4.88. The molecule has 0 atom stereocenters. The van der Waals surface area contributed by atoms with Crippen LogP contribution in [0, 0.1) is 5.41 Å². The molecule has 0 radical (unpaired) electrons. The number of hydrogen-bond donors (Lipinski definition) is 3. The van der Waals surface area contributed by atoms with Crippen LogP contribution >= 0.6 is 0 Å². The Labute approximate surface area is 124 Å². The van der Waals surface area contributed by atoms with Gasteiger partial charge < -0.3 is 16.0 Å². The zero-order valence-electron chi connectivity index (χ0n) is 11.3. The molecule has 0 saturated heterocycles. The van der Waals surface area contributed by atoms with Gasteiger partial charge in [-0.15, -0.1) is 0 Å². The van der Waals surface area contributed by atoms with E-state index in [-0.39, 0.29) is 17.2 Å². The summed E-state index contributed by atoms with van der Waals surface area (Å²) in [5.74, 6) is 0.234. The number of nitrogens with one attached hydrogen (secondary N) is 3. The molecule has 1 aliphatic heterocycles. The second kappa shape index (κ2) is 5.38. The van der Waals surface area contributed by atoms with E-state index < -0.39 is 11.7 Å². The van der Waals surface area contributed by atoms with Gasteiger partial charge in [-0.2, -0.15) is 13.2 Å². The third-order valence-corrected chi connectivity index (χ3v) is 3.27. The summed E-state index contributed by atoms with van der Waals surface area (Å²) >= 11 is 0. The van der Waals surface area contributed by atoms with Gasteiger partial charge in [-0.3, -0.25) is 0 Å². The summed E-state index contributed by atoms with van der Waals surface area (Å²) in [6.45, 7) is 1.30. The molecule has 2 heterocycles. The Kier molecular flexibility index (Phi) is 3.53. The molecule has 2 aromatic rings. The Hall–Kier alpha value is -2.48. The smallest absolute Gasteiger partial charge is 0.324 e. The minimum absolute atomic E-state index is 0.153. The highest BCUT2D eigenvalue weighted by Crippen LogP contribution is 2.32. The average molecular weight is 307 g/mol. The van der Waals surface area contributed by atoms with Crippen LogP contribution in [-0.4, -0.2) is 16.2 Å². The quantitative estimate of drug-likeness (QED) is 0.762. The van der Waals surface area contributed by atoms with E-state index in [4.69, 9.17) is 5.41 Å². The lowest BCUT2D eigenvalue weighted by Crippen LogP contribution is -2.07. The van der Waals surface area contributed by atoms with Crippen molar-refractivity contribution >= 4 is 17.9 Å². The normalized spacial score (nSPS) is 13.8. The Balaban J connectivity index is 1.93. The number of rotatable bonds is 3. The van der Waals surface area contributed by atoms with Gasteiger partial charge in [0.15, 0.2) is 0 Å².